The first-order chi connectivity index (χ1) is 25.0. The van der Waals surface area contributed by atoms with E-state index >= 15 is 0 Å². The van der Waals surface area contributed by atoms with Crippen LogP contribution >= 0.6 is 7.82 Å². The standard InChI is InChI=1S/C43H89N2O6P/c1-6-8-10-12-14-16-18-20-22-23-24-26-28-30-32-34-36-42(46)41(40-51-52(48,49)50-39-38-45(3,4)5)44-43(47)37-35-33-31-29-27-25-21-19-17-15-13-11-9-7-2/h41-42,46H,6-40H2,1-5H3,(H-,44,47,48,49). The van der Waals surface area contributed by atoms with Crippen LogP contribution in [0.3, 0.4) is 0 Å². The molecule has 0 bridgehead atoms. The number of aliphatic hydroxyl groups excluding tert-OH is 1. The van der Waals surface area contributed by atoms with Gasteiger partial charge in [0, 0.05) is 6.42 Å². The fourth-order valence-corrected chi connectivity index (χ4v) is 7.47. The fourth-order valence-electron chi connectivity index (χ4n) is 6.75. The van der Waals surface area contributed by atoms with E-state index in [1.807, 2.05) is 21.1 Å². The number of nitrogens with one attached hydrogen (secondary N) is 1. The van der Waals surface area contributed by atoms with Crippen molar-refractivity contribution in [3.05, 3.63) is 0 Å². The second-order valence-corrected chi connectivity index (χ2v) is 18.2. The number of likely N-dealkylation sites (N-methyl/N-ethyl adjacent to an activating group) is 1. The molecule has 9 heteroatoms. The number of carbonyl (C=O) groups is 1. The first kappa shape index (κ1) is 51.5. The van der Waals surface area contributed by atoms with Gasteiger partial charge in [0.1, 0.15) is 13.2 Å². The van der Waals surface area contributed by atoms with Gasteiger partial charge in [0.15, 0.2) is 0 Å². The molecule has 0 aliphatic rings. The van der Waals surface area contributed by atoms with Gasteiger partial charge in [-0.05, 0) is 12.8 Å². The van der Waals surface area contributed by atoms with Crippen molar-refractivity contribution in [3.8, 4) is 0 Å². The molecule has 0 fully saturated rings. The quantitative estimate of drug-likeness (QED) is 0.0365. The predicted molar refractivity (Wildman–Crippen MR) is 219 cm³/mol. The smallest absolute Gasteiger partial charge is 0.268 e. The SMILES string of the molecule is CCCCCCCCCCCCCCCCCCC(O)C(COP(=O)([O-])OCC[N+](C)(C)C)NC(=O)CCCCCCCCCCCCCCCC. The molecule has 0 saturated heterocycles. The van der Waals surface area contributed by atoms with Crippen LogP contribution in [-0.2, 0) is 18.4 Å². The second kappa shape index (κ2) is 36.2. The minimum atomic E-state index is -4.55. The molecule has 3 atom stereocenters. The van der Waals surface area contributed by atoms with Crippen molar-refractivity contribution in [1.82, 2.24) is 5.32 Å². The molecule has 312 valence electrons. The summed E-state index contributed by atoms with van der Waals surface area (Å²) in [5, 5.41) is 13.9. The predicted octanol–water partition coefficient (Wildman–Crippen LogP) is 11.6. The number of quaternary nitrogens is 1. The van der Waals surface area contributed by atoms with Crippen molar-refractivity contribution in [2.75, 3.05) is 40.9 Å². The summed E-state index contributed by atoms with van der Waals surface area (Å²) < 4.78 is 23.3. The summed E-state index contributed by atoms with van der Waals surface area (Å²) in [6.45, 7) is 4.74. The third-order valence-electron chi connectivity index (χ3n) is 10.3. The van der Waals surface area contributed by atoms with E-state index < -0.39 is 20.0 Å². The first-order valence-electron chi connectivity index (χ1n) is 22.4. The highest BCUT2D eigenvalue weighted by Gasteiger charge is 2.24. The van der Waals surface area contributed by atoms with E-state index in [0.29, 0.717) is 23.9 Å². The summed E-state index contributed by atoms with van der Waals surface area (Å²) >= 11 is 0. The number of hydrogen-bond donors (Lipinski definition) is 2. The van der Waals surface area contributed by atoms with Crippen LogP contribution in [0.1, 0.15) is 219 Å². The van der Waals surface area contributed by atoms with Gasteiger partial charge < -0.3 is 28.8 Å². The number of hydrogen-bond acceptors (Lipinski definition) is 6. The molecular weight excluding hydrogens is 671 g/mol. The maximum atomic E-state index is 12.8. The lowest BCUT2D eigenvalue weighted by atomic mass is 10.0. The summed E-state index contributed by atoms with van der Waals surface area (Å²) in [6.07, 6.45) is 38.1. The van der Waals surface area contributed by atoms with E-state index in [-0.39, 0.29) is 19.1 Å². The average molecular weight is 761 g/mol. The third-order valence-corrected chi connectivity index (χ3v) is 11.3. The Hall–Kier alpha value is -0.500. The van der Waals surface area contributed by atoms with Gasteiger partial charge in [-0.2, -0.15) is 0 Å². The maximum Gasteiger partial charge on any atom is 0.268 e. The van der Waals surface area contributed by atoms with E-state index in [9.17, 15) is 19.4 Å². The van der Waals surface area contributed by atoms with E-state index in [1.165, 1.54) is 154 Å². The number of rotatable bonds is 41. The number of phosphoric acid groups is 1. The van der Waals surface area contributed by atoms with Crippen LogP contribution < -0.4 is 10.2 Å². The average Bonchev–Trinajstić information content (AvgIpc) is 3.09. The summed E-state index contributed by atoms with van der Waals surface area (Å²) in [7, 11) is 1.32. The first-order valence-corrected chi connectivity index (χ1v) is 23.8. The van der Waals surface area contributed by atoms with E-state index in [2.05, 4.69) is 19.2 Å². The van der Waals surface area contributed by atoms with Gasteiger partial charge in [0.05, 0.1) is 39.9 Å². The zero-order valence-corrected chi connectivity index (χ0v) is 36.2. The third kappa shape index (κ3) is 37.8. The Bertz CT molecular complexity index is 824. The van der Waals surface area contributed by atoms with Crippen LogP contribution in [0.25, 0.3) is 0 Å². The molecule has 52 heavy (non-hydrogen) atoms. The van der Waals surface area contributed by atoms with Crippen LogP contribution in [0.4, 0.5) is 0 Å². The van der Waals surface area contributed by atoms with Crippen LogP contribution in [-0.4, -0.2) is 68.5 Å². The molecule has 0 saturated carbocycles. The Labute approximate surface area is 323 Å². The van der Waals surface area contributed by atoms with Crippen LogP contribution in [0, 0.1) is 0 Å². The van der Waals surface area contributed by atoms with Gasteiger partial charge in [-0.15, -0.1) is 0 Å². The number of aliphatic hydroxyl groups is 1. The number of amides is 1. The monoisotopic (exact) mass is 761 g/mol. The highest BCUT2D eigenvalue weighted by atomic mass is 31.2. The summed E-state index contributed by atoms with van der Waals surface area (Å²) in [4.78, 5) is 25.3. The molecule has 0 aliphatic heterocycles. The minimum absolute atomic E-state index is 0.0160. The largest absolute Gasteiger partial charge is 0.756 e. The molecule has 0 aromatic carbocycles. The summed E-state index contributed by atoms with van der Waals surface area (Å²) in [6, 6.07) is -0.792. The molecule has 0 radical (unpaired) electrons. The molecule has 2 N–H and O–H groups in total. The number of phosphoric ester groups is 1. The lowest BCUT2D eigenvalue weighted by Gasteiger charge is -2.30. The van der Waals surface area contributed by atoms with Crippen molar-refractivity contribution in [3.63, 3.8) is 0 Å². The van der Waals surface area contributed by atoms with Crippen molar-refractivity contribution in [2.24, 2.45) is 0 Å². The molecule has 0 aromatic heterocycles. The molecular formula is C43H89N2O6P. The number of carbonyl (C=O) groups excluding carboxylic acids is 1. The number of nitrogens with zero attached hydrogens (tertiary/aromatic N) is 1. The van der Waals surface area contributed by atoms with Crippen LogP contribution in [0.15, 0.2) is 0 Å². The van der Waals surface area contributed by atoms with Crippen molar-refractivity contribution in [1.29, 1.82) is 0 Å². The molecule has 0 aliphatic carbocycles. The fraction of sp³-hybridized carbons (Fsp3) is 0.977. The van der Waals surface area contributed by atoms with Crippen LogP contribution in [0.2, 0.25) is 0 Å². The normalized spacial score (nSPS) is 14.4. The highest BCUT2D eigenvalue weighted by Crippen LogP contribution is 2.38. The van der Waals surface area contributed by atoms with Gasteiger partial charge in [0.25, 0.3) is 7.82 Å². The Morgan fingerprint density at radius 1 is 0.596 bits per heavy atom. The van der Waals surface area contributed by atoms with Gasteiger partial charge >= 0.3 is 0 Å². The van der Waals surface area contributed by atoms with Gasteiger partial charge in [0.2, 0.25) is 5.91 Å². The van der Waals surface area contributed by atoms with Gasteiger partial charge in [-0.1, -0.05) is 200 Å². The van der Waals surface area contributed by atoms with E-state index in [4.69, 9.17) is 9.05 Å². The maximum absolute atomic E-state index is 12.8. The topological polar surface area (TPSA) is 108 Å². The Balaban J connectivity index is 4.34. The Morgan fingerprint density at radius 3 is 1.31 bits per heavy atom. The van der Waals surface area contributed by atoms with Gasteiger partial charge in [-0.3, -0.25) is 9.36 Å². The van der Waals surface area contributed by atoms with E-state index in [0.717, 1.165) is 38.5 Å². The zero-order valence-electron chi connectivity index (χ0n) is 35.3. The Morgan fingerprint density at radius 2 is 0.942 bits per heavy atom. The molecule has 0 heterocycles. The molecule has 0 spiro atoms. The molecule has 3 unspecified atom stereocenters. The number of unbranched alkanes of at least 4 members (excludes halogenated alkanes) is 28. The Kier molecular flexibility index (Phi) is 35.8. The molecule has 8 nitrogen and oxygen atoms in total. The lowest BCUT2D eigenvalue weighted by Crippen LogP contribution is -2.46. The second-order valence-electron chi connectivity index (χ2n) is 16.8. The zero-order chi connectivity index (χ0) is 38.6. The highest BCUT2D eigenvalue weighted by molar-refractivity contribution is 7.45. The molecule has 1 amide bonds. The lowest BCUT2D eigenvalue weighted by molar-refractivity contribution is -0.870. The van der Waals surface area contributed by atoms with Crippen molar-refractivity contribution >= 4 is 13.7 Å². The van der Waals surface area contributed by atoms with Gasteiger partial charge in [-0.25, -0.2) is 0 Å². The van der Waals surface area contributed by atoms with Crippen molar-refractivity contribution in [2.45, 2.75) is 231 Å². The molecule has 0 aromatic rings. The summed E-state index contributed by atoms with van der Waals surface area (Å²) in [5.41, 5.74) is 0. The minimum Gasteiger partial charge on any atom is -0.756 e. The van der Waals surface area contributed by atoms with Crippen molar-refractivity contribution < 1.29 is 32.9 Å². The molecule has 0 rings (SSSR count). The summed E-state index contributed by atoms with van der Waals surface area (Å²) in [5.74, 6) is -0.162. The van der Waals surface area contributed by atoms with Crippen LogP contribution in [0.5, 0.6) is 0 Å². The van der Waals surface area contributed by atoms with E-state index in [1.54, 1.807) is 0 Å².